The van der Waals surface area contributed by atoms with E-state index in [0.717, 1.165) is 11.1 Å². The van der Waals surface area contributed by atoms with Crippen LogP contribution in [0.2, 0.25) is 5.15 Å². The largest absolute Gasteiger partial charge is 0.459 e. The number of aryl methyl sites for hydroxylation is 2. The Labute approximate surface area is 212 Å². The maximum Gasteiger partial charge on any atom is 0.338 e. The van der Waals surface area contributed by atoms with Crippen molar-refractivity contribution in [2.24, 2.45) is 0 Å². The Morgan fingerprint density at radius 3 is 2.28 bits per heavy atom. The number of benzene rings is 2. The monoisotopic (exact) mass is 505 g/mol. The molecule has 1 saturated heterocycles. The normalized spacial score (nSPS) is 19.4. The molecule has 0 unspecified atom stereocenters. The summed E-state index contributed by atoms with van der Waals surface area (Å²) in [6.07, 6.45) is 1.70. The van der Waals surface area contributed by atoms with E-state index >= 15 is 0 Å². The smallest absolute Gasteiger partial charge is 0.338 e. The first-order valence-corrected chi connectivity index (χ1v) is 11.9. The molecule has 2 aromatic heterocycles. The van der Waals surface area contributed by atoms with Crippen molar-refractivity contribution in [3.8, 4) is 0 Å². The first-order chi connectivity index (χ1) is 17.4. The SMILES string of the molecule is Cc1ccc(C(=O)OC[C@@H]2O[C@@H](n3ccc4c(Cl)ncnc43)C[C@@H]2OC(=O)c2ccc(C)cc2)cc1. The maximum absolute atomic E-state index is 12.9. The second-order valence-corrected chi connectivity index (χ2v) is 9.12. The fourth-order valence-electron chi connectivity index (χ4n) is 4.14. The Morgan fingerprint density at radius 1 is 0.972 bits per heavy atom. The number of carbonyl (C=O) groups is 2. The molecular formula is C27H24ClN3O5. The third kappa shape index (κ3) is 4.96. The summed E-state index contributed by atoms with van der Waals surface area (Å²) in [7, 11) is 0. The minimum Gasteiger partial charge on any atom is -0.459 e. The van der Waals surface area contributed by atoms with Crippen LogP contribution in [0.3, 0.4) is 0 Å². The molecule has 3 heterocycles. The van der Waals surface area contributed by atoms with E-state index in [1.807, 2.05) is 42.7 Å². The Kier molecular flexibility index (Phi) is 6.71. The minimum atomic E-state index is -0.673. The number of aromatic nitrogens is 3. The lowest BCUT2D eigenvalue weighted by atomic mass is 10.1. The molecule has 2 aromatic carbocycles. The molecule has 0 spiro atoms. The van der Waals surface area contributed by atoms with Crippen LogP contribution in [0.25, 0.3) is 11.0 Å². The molecule has 1 aliphatic heterocycles. The summed E-state index contributed by atoms with van der Waals surface area (Å²) < 4.78 is 19.4. The average Bonchev–Trinajstić information content (AvgIpc) is 3.48. The van der Waals surface area contributed by atoms with E-state index in [0.29, 0.717) is 33.7 Å². The summed E-state index contributed by atoms with van der Waals surface area (Å²) in [5.41, 5.74) is 3.55. The van der Waals surface area contributed by atoms with Gasteiger partial charge in [0.05, 0.1) is 16.5 Å². The van der Waals surface area contributed by atoms with Crippen molar-refractivity contribution >= 4 is 34.6 Å². The van der Waals surface area contributed by atoms with E-state index in [2.05, 4.69) is 9.97 Å². The highest BCUT2D eigenvalue weighted by atomic mass is 35.5. The van der Waals surface area contributed by atoms with Gasteiger partial charge in [0.25, 0.3) is 0 Å². The first kappa shape index (κ1) is 24.0. The predicted octanol–water partition coefficient (Wildman–Crippen LogP) is 5.07. The molecule has 184 valence electrons. The van der Waals surface area contributed by atoms with Gasteiger partial charge in [-0.2, -0.15) is 0 Å². The summed E-state index contributed by atoms with van der Waals surface area (Å²) in [4.78, 5) is 33.8. The molecule has 0 aliphatic carbocycles. The second-order valence-electron chi connectivity index (χ2n) is 8.76. The summed E-state index contributed by atoms with van der Waals surface area (Å²) in [5.74, 6) is -0.946. The van der Waals surface area contributed by atoms with Crippen molar-refractivity contribution in [1.82, 2.24) is 14.5 Å². The van der Waals surface area contributed by atoms with Gasteiger partial charge in [0, 0.05) is 12.6 Å². The van der Waals surface area contributed by atoms with E-state index < -0.39 is 30.4 Å². The highest BCUT2D eigenvalue weighted by molar-refractivity contribution is 6.33. The summed E-state index contributed by atoms with van der Waals surface area (Å²) in [6.45, 7) is 3.81. The third-order valence-corrected chi connectivity index (χ3v) is 6.46. The van der Waals surface area contributed by atoms with E-state index in [4.69, 9.17) is 25.8 Å². The van der Waals surface area contributed by atoms with Gasteiger partial charge in [0.15, 0.2) is 0 Å². The van der Waals surface area contributed by atoms with Gasteiger partial charge in [0.2, 0.25) is 0 Å². The van der Waals surface area contributed by atoms with E-state index in [1.165, 1.54) is 6.33 Å². The molecule has 0 N–H and O–H groups in total. The van der Waals surface area contributed by atoms with Gasteiger partial charge in [-0.25, -0.2) is 19.6 Å². The Morgan fingerprint density at radius 2 is 1.61 bits per heavy atom. The zero-order valence-corrected chi connectivity index (χ0v) is 20.5. The van der Waals surface area contributed by atoms with Crippen molar-refractivity contribution in [2.45, 2.75) is 38.7 Å². The molecule has 8 nitrogen and oxygen atoms in total. The zero-order valence-electron chi connectivity index (χ0n) is 19.8. The molecule has 0 saturated carbocycles. The maximum atomic E-state index is 12.9. The first-order valence-electron chi connectivity index (χ1n) is 11.5. The molecule has 0 amide bonds. The highest BCUT2D eigenvalue weighted by Gasteiger charge is 2.40. The number of hydrogen-bond donors (Lipinski definition) is 0. The average molecular weight is 506 g/mol. The lowest BCUT2D eigenvalue weighted by Gasteiger charge is -2.19. The fraction of sp³-hybridized carbons (Fsp3) is 0.259. The van der Waals surface area contributed by atoms with Crippen molar-refractivity contribution in [1.29, 1.82) is 0 Å². The standard InChI is InChI=1S/C27H24ClN3O5/c1-16-3-7-18(8-4-16)26(32)34-14-22-21(36-27(33)19-9-5-17(2)6-10-19)13-23(35-22)31-12-11-20-24(28)29-15-30-25(20)31/h3-12,15,21-23H,13-14H2,1-2H3/t21-,22-,23+/m0/s1. The Bertz CT molecular complexity index is 1400. The molecule has 1 aliphatic rings. The predicted molar refractivity (Wildman–Crippen MR) is 133 cm³/mol. The highest BCUT2D eigenvalue weighted by Crippen LogP contribution is 2.35. The van der Waals surface area contributed by atoms with E-state index in [1.54, 1.807) is 36.5 Å². The molecule has 0 radical (unpaired) electrons. The summed E-state index contributed by atoms with van der Waals surface area (Å²) >= 11 is 6.20. The number of esters is 2. The van der Waals surface area contributed by atoms with Crippen LogP contribution >= 0.6 is 11.6 Å². The van der Waals surface area contributed by atoms with Crippen molar-refractivity contribution in [3.63, 3.8) is 0 Å². The Balaban J connectivity index is 1.36. The lowest BCUT2D eigenvalue weighted by molar-refractivity contribution is -0.0562. The van der Waals surface area contributed by atoms with E-state index in [-0.39, 0.29) is 6.61 Å². The number of ether oxygens (including phenoxy) is 3. The van der Waals surface area contributed by atoms with Crippen LogP contribution in [0.5, 0.6) is 0 Å². The number of fused-ring (bicyclic) bond motifs is 1. The van der Waals surface area contributed by atoms with Gasteiger partial charge in [-0.3, -0.25) is 0 Å². The molecule has 36 heavy (non-hydrogen) atoms. The van der Waals surface area contributed by atoms with E-state index in [9.17, 15) is 9.59 Å². The fourth-order valence-corrected chi connectivity index (χ4v) is 4.33. The van der Waals surface area contributed by atoms with Crippen LogP contribution < -0.4 is 0 Å². The lowest BCUT2D eigenvalue weighted by Crippen LogP contribution is -2.32. The van der Waals surface area contributed by atoms with Gasteiger partial charge < -0.3 is 18.8 Å². The van der Waals surface area contributed by atoms with Crippen LogP contribution in [0.1, 0.15) is 44.5 Å². The number of nitrogens with zero attached hydrogens (tertiary/aromatic N) is 3. The summed E-state index contributed by atoms with van der Waals surface area (Å²) in [6, 6.07) is 16.0. The minimum absolute atomic E-state index is 0.0794. The van der Waals surface area contributed by atoms with Gasteiger partial charge in [-0.15, -0.1) is 0 Å². The number of rotatable bonds is 6. The Hall–Kier alpha value is -3.75. The number of hydrogen-bond acceptors (Lipinski definition) is 7. The van der Waals surface area contributed by atoms with Crippen LogP contribution in [-0.2, 0) is 14.2 Å². The molecule has 3 atom stereocenters. The van der Waals surface area contributed by atoms with Gasteiger partial charge in [0.1, 0.15) is 42.2 Å². The summed E-state index contributed by atoms with van der Waals surface area (Å²) in [5, 5.41) is 1.02. The topological polar surface area (TPSA) is 92.5 Å². The van der Waals surface area contributed by atoms with Crippen LogP contribution in [0.4, 0.5) is 0 Å². The second kappa shape index (κ2) is 10.1. The van der Waals surface area contributed by atoms with Crippen LogP contribution in [0.15, 0.2) is 67.1 Å². The van der Waals surface area contributed by atoms with Gasteiger partial charge >= 0.3 is 11.9 Å². The number of carbonyl (C=O) groups excluding carboxylic acids is 2. The van der Waals surface area contributed by atoms with Crippen molar-refractivity contribution < 1.29 is 23.8 Å². The van der Waals surface area contributed by atoms with Crippen LogP contribution in [-0.4, -0.2) is 45.3 Å². The van der Waals surface area contributed by atoms with Gasteiger partial charge in [-0.05, 0) is 44.2 Å². The molecule has 4 aromatic rings. The third-order valence-electron chi connectivity index (χ3n) is 6.16. The number of halogens is 1. The molecule has 0 bridgehead atoms. The van der Waals surface area contributed by atoms with Gasteiger partial charge in [-0.1, -0.05) is 47.0 Å². The molecule has 5 rings (SSSR count). The van der Waals surface area contributed by atoms with Crippen molar-refractivity contribution in [2.75, 3.05) is 6.61 Å². The quantitative estimate of drug-likeness (QED) is 0.267. The zero-order chi connectivity index (χ0) is 25.2. The van der Waals surface area contributed by atoms with Crippen LogP contribution in [0, 0.1) is 13.8 Å². The molecular weight excluding hydrogens is 482 g/mol. The van der Waals surface area contributed by atoms with Crippen molar-refractivity contribution in [3.05, 3.63) is 94.5 Å². The molecule has 1 fully saturated rings. The molecule has 9 heteroatoms.